The summed E-state index contributed by atoms with van der Waals surface area (Å²) in [6.07, 6.45) is 0.854. The average molecular weight is 743 g/mol. The van der Waals surface area contributed by atoms with Crippen molar-refractivity contribution in [2.75, 3.05) is 0 Å². The van der Waals surface area contributed by atoms with Gasteiger partial charge in [-0.15, -0.1) is 0 Å². The summed E-state index contributed by atoms with van der Waals surface area (Å²) >= 11 is 0. The summed E-state index contributed by atoms with van der Waals surface area (Å²) in [4.78, 5) is 5.84. The average Bonchev–Trinajstić information content (AvgIpc) is 4.07. The molecule has 6 heterocycles. The Bertz CT molecular complexity index is 3870. The van der Waals surface area contributed by atoms with Gasteiger partial charge in [0.25, 0.3) is 0 Å². The second kappa shape index (κ2) is 10.9. The normalized spacial score (nSPS) is 16.2. The lowest BCUT2D eigenvalue weighted by atomic mass is 9.89. The molecule has 2 atom stereocenters. The van der Waals surface area contributed by atoms with E-state index in [1.165, 1.54) is 92.5 Å². The first-order valence-electron chi connectivity index (χ1n) is 20.4. The van der Waals surface area contributed by atoms with Crippen LogP contribution < -0.4 is 0 Å². The van der Waals surface area contributed by atoms with Crippen molar-refractivity contribution in [3.8, 4) is 0 Å². The van der Waals surface area contributed by atoms with Crippen LogP contribution in [-0.4, -0.2) is 19.4 Å². The molecule has 5 aromatic heterocycles. The molecule has 0 aliphatic carbocycles. The maximum Gasteiger partial charge on any atom is 0.154 e. The number of nitrogens with zero attached hydrogens (tertiary/aromatic N) is 4. The van der Waals surface area contributed by atoms with Gasteiger partial charge in [-0.25, -0.2) is 4.99 Å². The van der Waals surface area contributed by atoms with Crippen molar-refractivity contribution in [3.63, 3.8) is 0 Å². The number of hydrogen-bond acceptors (Lipinski definition) is 2. The van der Waals surface area contributed by atoms with Crippen molar-refractivity contribution in [1.82, 2.24) is 13.5 Å². The third-order valence-electron chi connectivity index (χ3n) is 13.3. The molecule has 1 aliphatic rings. The highest BCUT2D eigenvalue weighted by molar-refractivity contribution is 6.37. The van der Waals surface area contributed by atoms with Gasteiger partial charge in [-0.2, -0.15) is 0 Å². The van der Waals surface area contributed by atoms with Gasteiger partial charge in [0, 0.05) is 65.4 Å². The third-order valence-corrected chi connectivity index (χ3v) is 13.3. The fraction of sp³-hybridized carbons (Fsp3) is 0.0755. The van der Waals surface area contributed by atoms with Gasteiger partial charge in [0.05, 0.1) is 27.6 Å². The van der Waals surface area contributed by atoms with Crippen LogP contribution in [0.25, 0.3) is 103 Å². The topological polar surface area (TPSA) is 39.8 Å². The summed E-state index contributed by atoms with van der Waals surface area (Å²) in [7, 11) is 0. The second-order valence-corrected chi connectivity index (χ2v) is 16.1. The molecule has 5 heteroatoms. The molecule has 272 valence electrons. The SMILES string of the molecule is CCC1C(n2c3cc4ccccc4cc3c3c4c5ccccc5n5c6ccccc6c(cc32)c45)=Nc2c(oc3ccccc23)C1n1c2ccccc2c2ccccc21. The molecule has 0 N–H and O–H groups in total. The third kappa shape index (κ3) is 3.70. The first-order valence-corrected chi connectivity index (χ1v) is 20.4. The molecule has 58 heavy (non-hydrogen) atoms. The molecule has 8 aromatic carbocycles. The lowest BCUT2D eigenvalue weighted by molar-refractivity contribution is 0.387. The molecular formula is C53H34N4O. The van der Waals surface area contributed by atoms with E-state index in [0.29, 0.717) is 0 Å². The fourth-order valence-corrected chi connectivity index (χ4v) is 11.0. The van der Waals surface area contributed by atoms with Crippen LogP contribution in [0.4, 0.5) is 5.69 Å². The number of benzene rings is 8. The number of fused-ring (bicyclic) bond motifs is 17. The Labute approximate surface area is 331 Å². The minimum atomic E-state index is -0.154. The largest absolute Gasteiger partial charge is 0.456 e. The van der Waals surface area contributed by atoms with E-state index in [-0.39, 0.29) is 12.0 Å². The van der Waals surface area contributed by atoms with E-state index in [9.17, 15) is 0 Å². The van der Waals surface area contributed by atoms with E-state index < -0.39 is 0 Å². The van der Waals surface area contributed by atoms with Gasteiger partial charge < -0.3 is 13.4 Å². The van der Waals surface area contributed by atoms with Crippen LogP contribution in [0.1, 0.15) is 25.1 Å². The molecule has 0 saturated carbocycles. The van der Waals surface area contributed by atoms with Gasteiger partial charge in [-0.05, 0) is 71.8 Å². The van der Waals surface area contributed by atoms with Crippen molar-refractivity contribution in [2.24, 2.45) is 10.9 Å². The molecule has 0 fully saturated rings. The van der Waals surface area contributed by atoms with Crippen molar-refractivity contribution in [3.05, 3.63) is 170 Å². The van der Waals surface area contributed by atoms with Crippen molar-refractivity contribution < 1.29 is 4.42 Å². The van der Waals surface area contributed by atoms with Gasteiger partial charge in [0.1, 0.15) is 23.1 Å². The first-order chi connectivity index (χ1) is 28.8. The zero-order valence-corrected chi connectivity index (χ0v) is 31.6. The zero-order chi connectivity index (χ0) is 37.8. The summed E-state index contributed by atoms with van der Waals surface area (Å²) in [6.45, 7) is 2.32. The van der Waals surface area contributed by atoms with Crippen LogP contribution in [0.15, 0.2) is 173 Å². The number of furan rings is 1. The quantitative estimate of drug-likeness (QED) is 0.174. The Morgan fingerprint density at radius 1 is 0.500 bits per heavy atom. The number of aliphatic imine (C=N–C) groups is 1. The van der Waals surface area contributed by atoms with E-state index in [2.05, 4.69) is 184 Å². The van der Waals surface area contributed by atoms with Crippen LogP contribution in [0.3, 0.4) is 0 Å². The molecule has 0 radical (unpaired) electrons. The highest BCUT2D eigenvalue weighted by Gasteiger charge is 2.41. The van der Waals surface area contributed by atoms with Crippen LogP contribution in [-0.2, 0) is 0 Å². The molecule has 14 rings (SSSR count). The van der Waals surface area contributed by atoms with Gasteiger partial charge in [0.15, 0.2) is 5.76 Å². The lowest BCUT2D eigenvalue weighted by Crippen LogP contribution is -2.33. The molecule has 0 bridgehead atoms. The zero-order valence-electron chi connectivity index (χ0n) is 31.6. The Morgan fingerprint density at radius 2 is 1.07 bits per heavy atom. The Morgan fingerprint density at radius 3 is 1.78 bits per heavy atom. The number of hydrogen-bond donors (Lipinski definition) is 0. The molecule has 0 amide bonds. The summed E-state index contributed by atoms with van der Waals surface area (Å²) in [6, 6.07) is 59.9. The van der Waals surface area contributed by atoms with E-state index >= 15 is 0 Å². The highest BCUT2D eigenvalue weighted by atomic mass is 16.3. The second-order valence-electron chi connectivity index (χ2n) is 16.1. The fourth-order valence-electron chi connectivity index (χ4n) is 11.0. The van der Waals surface area contributed by atoms with Gasteiger partial charge >= 0.3 is 0 Å². The predicted octanol–water partition coefficient (Wildman–Crippen LogP) is 14.2. The van der Waals surface area contributed by atoms with Gasteiger partial charge in [0.2, 0.25) is 0 Å². The molecule has 5 nitrogen and oxygen atoms in total. The predicted molar refractivity (Wildman–Crippen MR) is 242 cm³/mol. The standard InChI is InChI=1S/C53H34N4O/c1-2-32-51(56-40-22-10-5-17-33(40)34-18-6-11-23-41(34)56)52-49(37-21-9-14-26-46(37)58-52)54-53(32)57-44-28-31-16-4-3-15-30(31)27-39(44)47-45(57)29-38-35-19-7-12-24-42(35)55-43-25-13-8-20-36(43)48(47)50(38)55/h3-29,32,51H,2H2,1H3. The number of rotatable bonds is 2. The van der Waals surface area contributed by atoms with Crippen LogP contribution in [0.5, 0.6) is 0 Å². The lowest BCUT2D eigenvalue weighted by Gasteiger charge is -2.33. The van der Waals surface area contributed by atoms with E-state index in [1.54, 1.807) is 0 Å². The van der Waals surface area contributed by atoms with Crippen molar-refractivity contribution in [2.45, 2.75) is 19.4 Å². The Hall–Kier alpha value is -7.37. The van der Waals surface area contributed by atoms with E-state index in [0.717, 1.165) is 34.7 Å². The minimum Gasteiger partial charge on any atom is -0.456 e. The molecule has 2 unspecified atom stereocenters. The molecule has 0 saturated heterocycles. The van der Waals surface area contributed by atoms with Crippen LogP contribution in [0.2, 0.25) is 0 Å². The number of aromatic nitrogens is 3. The van der Waals surface area contributed by atoms with Crippen molar-refractivity contribution in [1.29, 1.82) is 0 Å². The highest BCUT2D eigenvalue weighted by Crippen LogP contribution is 2.52. The Kier molecular flexibility index (Phi) is 5.80. The van der Waals surface area contributed by atoms with Crippen molar-refractivity contribution >= 4 is 115 Å². The summed E-state index contributed by atoms with van der Waals surface area (Å²) in [5.41, 5.74) is 10.3. The first kappa shape index (κ1) is 30.8. The monoisotopic (exact) mass is 742 g/mol. The molecule has 1 aliphatic heterocycles. The van der Waals surface area contributed by atoms with E-state index in [4.69, 9.17) is 9.41 Å². The number of para-hydroxylation sites is 5. The van der Waals surface area contributed by atoms with E-state index in [1.807, 2.05) is 0 Å². The summed E-state index contributed by atoms with van der Waals surface area (Å²) in [5.74, 6) is 1.94. The minimum absolute atomic E-state index is 0.0320. The van der Waals surface area contributed by atoms with Gasteiger partial charge in [-0.1, -0.05) is 116 Å². The molecular weight excluding hydrogens is 709 g/mol. The summed E-state index contributed by atoms with van der Waals surface area (Å²) in [5, 5.41) is 13.6. The molecule has 0 spiro atoms. The van der Waals surface area contributed by atoms with Crippen LogP contribution >= 0.6 is 0 Å². The maximum absolute atomic E-state index is 6.99. The Balaban J connectivity index is 1.19. The summed E-state index contributed by atoms with van der Waals surface area (Å²) < 4.78 is 14.6. The molecule has 13 aromatic rings. The van der Waals surface area contributed by atoms with Crippen LogP contribution in [0, 0.1) is 5.92 Å². The van der Waals surface area contributed by atoms with Gasteiger partial charge in [-0.3, -0.25) is 4.57 Å². The maximum atomic E-state index is 6.99. The smallest absolute Gasteiger partial charge is 0.154 e.